The first-order valence-corrected chi connectivity index (χ1v) is 9.34. The zero-order chi connectivity index (χ0) is 21.6. The Balaban J connectivity index is 0.00000145. The second-order valence-corrected chi connectivity index (χ2v) is 6.24. The van der Waals surface area contributed by atoms with Gasteiger partial charge in [-0.05, 0) is 47.9 Å². The smallest absolute Gasteiger partial charge is 0.419 e. The van der Waals surface area contributed by atoms with Crippen LogP contribution in [0.3, 0.4) is 0 Å². The maximum atomic E-state index is 13.7. The molecule has 0 bridgehead atoms. The summed E-state index contributed by atoms with van der Waals surface area (Å²) < 4.78 is 56.9. The molecule has 0 aromatic heterocycles. The summed E-state index contributed by atoms with van der Waals surface area (Å²) in [7, 11) is 1.49. The minimum Gasteiger partial charge on any atom is -0.495 e. The van der Waals surface area contributed by atoms with E-state index in [-0.39, 0.29) is 12.0 Å². The highest BCUT2D eigenvalue weighted by molar-refractivity contribution is 5.95. The SMILES string of the molecule is CC.COc1ccc2c(c1NC(=O)Cc1ccc(C(F)(F)F)c(F)c1)CCNC2. The van der Waals surface area contributed by atoms with Crippen molar-refractivity contribution in [3.8, 4) is 5.75 Å². The zero-order valence-corrected chi connectivity index (χ0v) is 16.5. The largest absolute Gasteiger partial charge is 0.495 e. The molecule has 1 heterocycles. The second-order valence-electron chi connectivity index (χ2n) is 6.24. The number of carbonyl (C=O) groups is 1. The molecule has 4 nitrogen and oxygen atoms in total. The summed E-state index contributed by atoms with van der Waals surface area (Å²) in [5.41, 5.74) is 1.35. The lowest BCUT2D eigenvalue weighted by atomic mass is 9.98. The number of nitrogens with one attached hydrogen (secondary N) is 2. The number of ether oxygens (including phenoxy) is 1. The van der Waals surface area contributed by atoms with Crippen LogP contribution in [0, 0.1) is 5.82 Å². The minimum atomic E-state index is -4.77. The second kappa shape index (κ2) is 9.73. The summed E-state index contributed by atoms with van der Waals surface area (Å²) >= 11 is 0. The molecule has 1 aliphatic rings. The lowest BCUT2D eigenvalue weighted by Gasteiger charge is -2.22. The van der Waals surface area contributed by atoms with E-state index >= 15 is 0 Å². The van der Waals surface area contributed by atoms with E-state index in [1.807, 2.05) is 19.9 Å². The van der Waals surface area contributed by atoms with Gasteiger partial charge in [-0.15, -0.1) is 0 Å². The first-order valence-electron chi connectivity index (χ1n) is 9.34. The predicted octanol–water partition coefficient (Wildman–Crippen LogP) is 4.71. The average Bonchev–Trinajstić information content (AvgIpc) is 2.69. The van der Waals surface area contributed by atoms with Crippen LogP contribution in [-0.4, -0.2) is 19.6 Å². The molecular formula is C21H24F4N2O2. The van der Waals surface area contributed by atoms with Gasteiger partial charge in [0.05, 0.1) is 24.8 Å². The van der Waals surface area contributed by atoms with E-state index in [4.69, 9.17) is 4.74 Å². The van der Waals surface area contributed by atoms with Crippen LogP contribution >= 0.6 is 0 Å². The van der Waals surface area contributed by atoms with Crippen molar-refractivity contribution in [3.63, 3.8) is 0 Å². The number of carbonyl (C=O) groups excluding carboxylic acids is 1. The van der Waals surface area contributed by atoms with Crippen LogP contribution < -0.4 is 15.4 Å². The van der Waals surface area contributed by atoms with E-state index in [9.17, 15) is 22.4 Å². The number of methoxy groups -OCH3 is 1. The molecule has 2 N–H and O–H groups in total. The van der Waals surface area contributed by atoms with E-state index < -0.39 is 23.5 Å². The molecule has 0 radical (unpaired) electrons. The average molecular weight is 412 g/mol. The van der Waals surface area contributed by atoms with Crippen molar-refractivity contribution in [2.24, 2.45) is 0 Å². The highest BCUT2D eigenvalue weighted by atomic mass is 19.4. The Hall–Kier alpha value is -2.61. The molecule has 158 valence electrons. The zero-order valence-electron chi connectivity index (χ0n) is 16.5. The van der Waals surface area contributed by atoms with Gasteiger partial charge in [-0.1, -0.05) is 26.0 Å². The molecule has 8 heteroatoms. The molecule has 3 rings (SSSR count). The fourth-order valence-corrected chi connectivity index (χ4v) is 3.13. The Morgan fingerprint density at radius 1 is 1.21 bits per heavy atom. The summed E-state index contributed by atoms with van der Waals surface area (Å²) in [4.78, 5) is 12.4. The number of rotatable bonds is 4. The fraction of sp³-hybridized carbons (Fsp3) is 0.381. The molecular weight excluding hydrogens is 388 g/mol. The molecule has 29 heavy (non-hydrogen) atoms. The van der Waals surface area contributed by atoms with Crippen LogP contribution in [0.2, 0.25) is 0 Å². The van der Waals surface area contributed by atoms with Gasteiger partial charge >= 0.3 is 6.18 Å². The van der Waals surface area contributed by atoms with Crippen LogP contribution in [0.4, 0.5) is 23.2 Å². The number of anilines is 1. The van der Waals surface area contributed by atoms with Crippen molar-refractivity contribution in [1.29, 1.82) is 0 Å². The maximum absolute atomic E-state index is 13.7. The standard InChI is InChI=1S/C19H18F4N2O2.C2H6/c1-27-16-5-3-12-10-24-7-6-13(12)18(16)25-17(26)9-11-2-4-14(15(20)8-11)19(21,22)23;1-2/h2-5,8,24H,6-7,9-10H2,1H3,(H,25,26);1-2H3. The third-order valence-electron chi connectivity index (χ3n) is 4.43. The molecule has 1 amide bonds. The molecule has 1 aliphatic heterocycles. The molecule has 0 aliphatic carbocycles. The van der Waals surface area contributed by atoms with Crippen molar-refractivity contribution in [3.05, 3.63) is 58.4 Å². The number of benzene rings is 2. The van der Waals surface area contributed by atoms with Crippen molar-refractivity contribution < 1.29 is 27.1 Å². The molecule has 0 saturated heterocycles. The van der Waals surface area contributed by atoms with E-state index in [1.165, 1.54) is 7.11 Å². The number of amides is 1. The summed E-state index contributed by atoms with van der Waals surface area (Å²) in [6.45, 7) is 5.43. The Morgan fingerprint density at radius 3 is 2.55 bits per heavy atom. The van der Waals surface area contributed by atoms with Gasteiger partial charge in [0, 0.05) is 6.54 Å². The Morgan fingerprint density at radius 2 is 1.93 bits per heavy atom. The van der Waals surface area contributed by atoms with Crippen LogP contribution in [-0.2, 0) is 30.4 Å². The Kier molecular flexibility index (Phi) is 7.61. The quantitative estimate of drug-likeness (QED) is 0.716. The van der Waals surface area contributed by atoms with E-state index in [2.05, 4.69) is 10.6 Å². The lowest BCUT2D eigenvalue weighted by Crippen LogP contribution is -2.26. The number of halogens is 4. The summed E-state index contributed by atoms with van der Waals surface area (Å²) in [6.07, 6.45) is -4.31. The molecule has 0 atom stereocenters. The van der Waals surface area contributed by atoms with E-state index in [0.29, 0.717) is 30.5 Å². The summed E-state index contributed by atoms with van der Waals surface area (Å²) in [5, 5.41) is 6.00. The van der Waals surface area contributed by atoms with Crippen LogP contribution in [0.25, 0.3) is 0 Å². The van der Waals surface area contributed by atoms with Gasteiger partial charge in [0.2, 0.25) is 5.91 Å². The molecule has 2 aromatic rings. The molecule has 0 unspecified atom stereocenters. The van der Waals surface area contributed by atoms with E-state index in [0.717, 1.165) is 29.8 Å². The monoisotopic (exact) mass is 412 g/mol. The first kappa shape index (κ1) is 22.7. The van der Waals surface area contributed by atoms with Crippen molar-refractivity contribution in [2.75, 3.05) is 19.0 Å². The van der Waals surface area contributed by atoms with Gasteiger partial charge in [0.1, 0.15) is 11.6 Å². The van der Waals surface area contributed by atoms with Gasteiger partial charge in [0.25, 0.3) is 0 Å². The van der Waals surface area contributed by atoms with Gasteiger partial charge in [0.15, 0.2) is 0 Å². The fourth-order valence-electron chi connectivity index (χ4n) is 3.13. The summed E-state index contributed by atoms with van der Waals surface area (Å²) in [6, 6.07) is 6.16. The predicted molar refractivity (Wildman–Crippen MR) is 103 cm³/mol. The van der Waals surface area contributed by atoms with Crippen molar-refractivity contribution >= 4 is 11.6 Å². The third-order valence-corrected chi connectivity index (χ3v) is 4.43. The van der Waals surface area contributed by atoms with Crippen molar-refractivity contribution in [2.45, 2.75) is 39.4 Å². The highest BCUT2D eigenvalue weighted by Gasteiger charge is 2.34. The topological polar surface area (TPSA) is 50.4 Å². The van der Waals surface area contributed by atoms with Gasteiger partial charge in [-0.2, -0.15) is 13.2 Å². The first-order chi connectivity index (χ1) is 13.8. The maximum Gasteiger partial charge on any atom is 0.419 e. The number of hydrogen-bond acceptors (Lipinski definition) is 3. The Bertz CT molecular complexity index is 866. The number of fused-ring (bicyclic) bond motifs is 1. The van der Waals surface area contributed by atoms with Gasteiger partial charge in [-0.25, -0.2) is 4.39 Å². The third kappa shape index (κ3) is 5.47. The number of alkyl halides is 3. The highest BCUT2D eigenvalue weighted by Crippen LogP contribution is 2.34. The van der Waals surface area contributed by atoms with Gasteiger partial charge in [-0.3, -0.25) is 4.79 Å². The lowest BCUT2D eigenvalue weighted by molar-refractivity contribution is -0.140. The van der Waals surface area contributed by atoms with E-state index in [1.54, 1.807) is 6.07 Å². The van der Waals surface area contributed by atoms with Crippen molar-refractivity contribution in [1.82, 2.24) is 5.32 Å². The molecule has 0 fully saturated rings. The summed E-state index contributed by atoms with van der Waals surface area (Å²) in [5.74, 6) is -1.35. The van der Waals surface area contributed by atoms with Crippen LogP contribution in [0.5, 0.6) is 5.75 Å². The molecule has 2 aromatic carbocycles. The number of hydrogen-bond donors (Lipinski definition) is 2. The molecule has 0 saturated carbocycles. The normalized spacial score (nSPS) is 13.1. The minimum absolute atomic E-state index is 0.156. The van der Waals surface area contributed by atoms with Gasteiger partial charge < -0.3 is 15.4 Å². The van der Waals surface area contributed by atoms with Crippen LogP contribution in [0.1, 0.15) is 36.1 Å². The molecule has 0 spiro atoms. The Labute approximate surface area is 167 Å². The van der Waals surface area contributed by atoms with Crippen LogP contribution in [0.15, 0.2) is 30.3 Å².